The highest BCUT2D eigenvalue weighted by Crippen LogP contribution is 2.19. The van der Waals surface area contributed by atoms with Gasteiger partial charge in [-0.3, -0.25) is 4.99 Å². The van der Waals surface area contributed by atoms with E-state index in [2.05, 4.69) is 32.7 Å². The van der Waals surface area contributed by atoms with E-state index in [4.69, 9.17) is 4.52 Å². The number of aliphatic hydroxyl groups is 1. The van der Waals surface area contributed by atoms with Crippen molar-refractivity contribution in [3.8, 4) is 11.5 Å². The summed E-state index contributed by atoms with van der Waals surface area (Å²) >= 11 is 0. The van der Waals surface area contributed by atoms with Gasteiger partial charge >= 0.3 is 0 Å². The van der Waals surface area contributed by atoms with Crippen molar-refractivity contribution in [3.63, 3.8) is 0 Å². The summed E-state index contributed by atoms with van der Waals surface area (Å²) in [6.45, 7) is 3.34. The number of nitrogens with one attached hydrogen (secondary N) is 2. The molecule has 0 aliphatic carbocycles. The Hall–Kier alpha value is -2.46. The van der Waals surface area contributed by atoms with E-state index in [1.807, 2.05) is 54.6 Å². The zero-order valence-corrected chi connectivity index (χ0v) is 20.2. The molecule has 0 radical (unpaired) electrons. The maximum absolute atomic E-state index is 9.73. The molecule has 2 aromatic carbocycles. The summed E-state index contributed by atoms with van der Waals surface area (Å²) in [5.41, 5.74) is 3.07. The first-order valence-electron chi connectivity index (χ1n) is 10.3. The van der Waals surface area contributed by atoms with E-state index in [9.17, 15) is 5.11 Å². The molecule has 7 nitrogen and oxygen atoms in total. The number of aryl methyl sites for hydroxylation is 1. The number of rotatable bonds is 9. The molecule has 31 heavy (non-hydrogen) atoms. The molecule has 0 spiro atoms. The van der Waals surface area contributed by atoms with Gasteiger partial charge in [-0.15, -0.1) is 24.0 Å². The topological polar surface area (TPSA) is 95.6 Å². The van der Waals surface area contributed by atoms with Crippen LogP contribution in [0.1, 0.15) is 36.2 Å². The highest BCUT2D eigenvalue weighted by molar-refractivity contribution is 14.0. The fourth-order valence-corrected chi connectivity index (χ4v) is 3.15. The molecule has 3 N–H and O–H groups in total. The van der Waals surface area contributed by atoms with E-state index >= 15 is 0 Å². The molecule has 1 atom stereocenters. The minimum absolute atomic E-state index is 0. The SMILES string of the molecule is CCCc1noc(-c2cccc(CNC(=NC)NCC(CO)c3ccccc3)c2)n1.I. The van der Waals surface area contributed by atoms with Crippen LogP contribution in [0.25, 0.3) is 11.5 Å². The highest BCUT2D eigenvalue weighted by Gasteiger charge is 2.12. The van der Waals surface area contributed by atoms with Gasteiger partial charge in [-0.05, 0) is 29.7 Å². The van der Waals surface area contributed by atoms with E-state index < -0.39 is 0 Å². The lowest BCUT2D eigenvalue weighted by atomic mass is 10.0. The van der Waals surface area contributed by atoms with E-state index in [0.717, 1.165) is 35.4 Å². The zero-order valence-electron chi connectivity index (χ0n) is 17.9. The Morgan fingerprint density at radius 3 is 2.65 bits per heavy atom. The Balaban J connectivity index is 0.00000341. The number of aliphatic hydroxyl groups excluding tert-OH is 1. The number of halogens is 1. The van der Waals surface area contributed by atoms with Gasteiger partial charge < -0.3 is 20.3 Å². The molecule has 0 saturated heterocycles. The standard InChI is InChI=1S/C23H29N5O2.HI/c1-3-8-21-27-22(30-28-21)19-12-7-9-17(13-19)14-25-23(24-2)26-15-20(16-29)18-10-5-4-6-11-18;/h4-7,9-13,20,29H,3,8,14-16H2,1-2H3,(H2,24,25,26);1H. The number of guanidine groups is 1. The maximum Gasteiger partial charge on any atom is 0.257 e. The molecule has 1 heterocycles. The molecule has 166 valence electrons. The van der Waals surface area contributed by atoms with Crippen LogP contribution in [0.3, 0.4) is 0 Å². The van der Waals surface area contributed by atoms with Crippen molar-refractivity contribution in [1.29, 1.82) is 0 Å². The van der Waals surface area contributed by atoms with Crippen molar-refractivity contribution in [1.82, 2.24) is 20.8 Å². The van der Waals surface area contributed by atoms with E-state index in [1.165, 1.54) is 0 Å². The van der Waals surface area contributed by atoms with Crippen LogP contribution in [0.4, 0.5) is 0 Å². The Labute approximate surface area is 200 Å². The van der Waals surface area contributed by atoms with Gasteiger partial charge in [-0.1, -0.05) is 54.5 Å². The quantitative estimate of drug-likeness (QED) is 0.220. The molecule has 3 aromatic rings. The monoisotopic (exact) mass is 535 g/mol. The number of hydrogen-bond acceptors (Lipinski definition) is 5. The normalized spacial score (nSPS) is 12.2. The third-order valence-electron chi connectivity index (χ3n) is 4.81. The van der Waals surface area contributed by atoms with Crippen LogP contribution in [-0.2, 0) is 13.0 Å². The van der Waals surface area contributed by atoms with E-state index in [-0.39, 0.29) is 36.5 Å². The Bertz CT molecular complexity index is 946. The lowest BCUT2D eigenvalue weighted by molar-refractivity contribution is 0.265. The van der Waals surface area contributed by atoms with Crippen molar-refractivity contribution in [3.05, 3.63) is 71.5 Å². The van der Waals surface area contributed by atoms with Gasteiger partial charge in [0.15, 0.2) is 11.8 Å². The molecule has 0 amide bonds. The number of nitrogens with zero attached hydrogens (tertiary/aromatic N) is 3. The second kappa shape index (κ2) is 13.1. The minimum Gasteiger partial charge on any atom is -0.396 e. The van der Waals surface area contributed by atoms with Crippen LogP contribution in [-0.4, -0.2) is 41.4 Å². The van der Waals surface area contributed by atoms with Gasteiger partial charge in [-0.2, -0.15) is 4.98 Å². The first kappa shape index (κ1) is 24.8. The van der Waals surface area contributed by atoms with Crippen molar-refractivity contribution >= 4 is 29.9 Å². The van der Waals surface area contributed by atoms with Crippen LogP contribution in [0.5, 0.6) is 0 Å². The molecule has 0 aliphatic heterocycles. The van der Waals surface area contributed by atoms with Crippen LogP contribution in [0.15, 0.2) is 64.1 Å². The summed E-state index contributed by atoms with van der Waals surface area (Å²) in [5, 5.41) is 20.4. The second-order valence-electron chi connectivity index (χ2n) is 7.06. The fraction of sp³-hybridized carbons (Fsp3) is 0.348. The summed E-state index contributed by atoms with van der Waals surface area (Å²) in [7, 11) is 1.73. The lowest BCUT2D eigenvalue weighted by Crippen LogP contribution is -2.39. The summed E-state index contributed by atoms with van der Waals surface area (Å²) in [5.74, 6) is 1.95. The summed E-state index contributed by atoms with van der Waals surface area (Å²) in [6, 6.07) is 18.0. The van der Waals surface area contributed by atoms with Crippen LogP contribution in [0, 0.1) is 0 Å². The van der Waals surface area contributed by atoms with E-state index in [0.29, 0.717) is 24.9 Å². The molecule has 8 heteroatoms. The van der Waals surface area contributed by atoms with Gasteiger partial charge in [0.25, 0.3) is 5.89 Å². The number of aliphatic imine (C=N–C) groups is 1. The zero-order chi connectivity index (χ0) is 21.2. The average Bonchev–Trinajstić information content (AvgIpc) is 3.26. The van der Waals surface area contributed by atoms with Crippen molar-refractivity contribution in [2.24, 2.45) is 4.99 Å². The van der Waals surface area contributed by atoms with Crippen LogP contribution >= 0.6 is 24.0 Å². The predicted octanol–water partition coefficient (Wildman–Crippen LogP) is 3.75. The molecule has 0 fully saturated rings. The highest BCUT2D eigenvalue weighted by atomic mass is 127. The minimum atomic E-state index is 0. The number of hydrogen-bond donors (Lipinski definition) is 3. The number of benzene rings is 2. The maximum atomic E-state index is 9.73. The molecular formula is C23H30IN5O2. The largest absolute Gasteiger partial charge is 0.396 e. The fourth-order valence-electron chi connectivity index (χ4n) is 3.15. The first-order chi connectivity index (χ1) is 14.7. The Kier molecular flexibility index (Phi) is 10.5. The summed E-state index contributed by atoms with van der Waals surface area (Å²) < 4.78 is 5.38. The van der Waals surface area contributed by atoms with Crippen molar-refractivity contribution in [2.75, 3.05) is 20.2 Å². The Morgan fingerprint density at radius 1 is 1.13 bits per heavy atom. The van der Waals surface area contributed by atoms with Crippen molar-refractivity contribution in [2.45, 2.75) is 32.2 Å². The Morgan fingerprint density at radius 2 is 1.94 bits per heavy atom. The molecule has 0 aliphatic rings. The molecule has 1 aromatic heterocycles. The van der Waals surface area contributed by atoms with Crippen LogP contribution < -0.4 is 10.6 Å². The number of aromatic nitrogens is 2. The van der Waals surface area contributed by atoms with Gasteiger partial charge in [0.1, 0.15) is 0 Å². The average molecular weight is 535 g/mol. The summed E-state index contributed by atoms with van der Waals surface area (Å²) in [4.78, 5) is 8.73. The summed E-state index contributed by atoms with van der Waals surface area (Å²) in [6.07, 6.45) is 1.79. The van der Waals surface area contributed by atoms with Gasteiger partial charge in [0.05, 0.1) is 6.61 Å². The first-order valence-corrected chi connectivity index (χ1v) is 10.3. The predicted molar refractivity (Wildman–Crippen MR) is 134 cm³/mol. The van der Waals surface area contributed by atoms with Crippen LogP contribution in [0.2, 0.25) is 0 Å². The van der Waals surface area contributed by atoms with Crippen molar-refractivity contribution < 1.29 is 9.63 Å². The third-order valence-corrected chi connectivity index (χ3v) is 4.81. The molecule has 1 unspecified atom stereocenters. The van der Waals surface area contributed by atoms with Gasteiger partial charge in [-0.25, -0.2) is 0 Å². The smallest absolute Gasteiger partial charge is 0.257 e. The molecule has 3 rings (SSSR count). The third kappa shape index (κ3) is 7.32. The van der Waals surface area contributed by atoms with E-state index in [1.54, 1.807) is 7.05 Å². The molecule has 0 bridgehead atoms. The molecular weight excluding hydrogens is 505 g/mol. The van der Waals surface area contributed by atoms with Gasteiger partial charge in [0, 0.05) is 38.0 Å². The molecule has 0 saturated carbocycles. The second-order valence-corrected chi connectivity index (χ2v) is 7.06. The lowest BCUT2D eigenvalue weighted by Gasteiger charge is -2.18. The van der Waals surface area contributed by atoms with Gasteiger partial charge in [0.2, 0.25) is 0 Å².